The first-order valence-electron chi connectivity index (χ1n) is 5.85. The molecule has 0 fully saturated rings. The average molecular weight is 305 g/mol. The SMILES string of the molecule is CCCSCc1ccc(SCC)c(S(N)(=O)=O)c1. The second kappa shape index (κ2) is 7.43. The number of primary sulfonamides is 1. The maximum atomic E-state index is 11.6. The fourth-order valence-electron chi connectivity index (χ4n) is 1.47. The van der Waals surface area contributed by atoms with Gasteiger partial charge in [-0.3, -0.25) is 0 Å². The molecule has 0 spiro atoms. The largest absolute Gasteiger partial charge is 0.239 e. The van der Waals surface area contributed by atoms with Crippen molar-refractivity contribution in [2.45, 2.75) is 35.8 Å². The van der Waals surface area contributed by atoms with E-state index in [1.807, 2.05) is 19.1 Å². The molecule has 0 aliphatic carbocycles. The molecule has 0 amide bonds. The van der Waals surface area contributed by atoms with Crippen LogP contribution < -0.4 is 5.14 Å². The topological polar surface area (TPSA) is 60.2 Å². The lowest BCUT2D eigenvalue weighted by atomic mass is 10.2. The lowest BCUT2D eigenvalue weighted by molar-refractivity contribution is 0.595. The van der Waals surface area contributed by atoms with Crippen LogP contribution >= 0.6 is 23.5 Å². The molecule has 6 heteroatoms. The average Bonchev–Trinajstić information content (AvgIpc) is 2.30. The fourth-order valence-corrected chi connectivity index (χ4v) is 4.19. The molecule has 0 radical (unpaired) electrons. The Labute approximate surface area is 118 Å². The predicted molar refractivity (Wildman–Crippen MR) is 80.7 cm³/mol. The molecule has 0 atom stereocenters. The number of nitrogens with two attached hydrogens (primary N) is 1. The summed E-state index contributed by atoms with van der Waals surface area (Å²) in [6, 6.07) is 5.54. The number of hydrogen-bond acceptors (Lipinski definition) is 4. The summed E-state index contributed by atoms with van der Waals surface area (Å²) in [5.74, 6) is 2.73. The fraction of sp³-hybridized carbons (Fsp3) is 0.500. The Bertz CT molecular complexity index is 486. The highest BCUT2D eigenvalue weighted by atomic mass is 32.2. The third kappa shape index (κ3) is 4.84. The second-order valence-electron chi connectivity index (χ2n) is 3.81. The Kier molecular flexibility index (Phi) is 6.55. The number of sulfonamides is 1. The van der Waals surface area contributed by atoms with Crippen LogP contribution in [0.5, 0.6) is 0 Å². The van der Waals surface area contributed by atoms with Crippen molar-refractivity contribution >= 4 is 33.5 Å². The van der Waals surface area contributed by atoms with Crippen molar-refractivity contribution in [3.63, 3.8) is 0 Å². The predicted octanol–water partition coefficient (Wildman–Crippen LogP) is 3.09. The molecule has 0 aliphatic rings. The first-order valence-corrected chi connectivity index (χ1v) is 9.54. The first-order chi connectivity index (χ1) is 8.49. The second-order valence-corrected chi connectivity index (χ2v) is 7.75. The van der Waals surface area contributed by atoms with Crippen LogP contribution in [0.2, 0.25) is 0 Å². The highest BCUT2D eigenvalue weighted by molar-refractivity contribution is 8.00. The number of thioether (sulfide) groups is 2. The minimum absolute atomic E-state index is 0.254. The minimum atomic E-state index is -3.64. The smallest absolute Gasteiger partial charge is 0.225 e. The summed E-state index contributed by atoms with van der Waals surface area (Å²) in [6.45, 7) is 4.12. The Morgan fingerprint density at radius 1 is 1.28 bits per heavy atom. The van der Waals surface area contributed by atoms with Gasteiger partial charge in [0, 0.05) is 10.6 Å². The Balaban J connectivity index is 2.98. The van der Waals surface area contributed by atoms with Gasteiger partial charge in [0.05, 0.1) is 4.90 Å². The van der Waals surface area contributed by atoms with Crippen molar-refractivity contribution in [3.8, 4) is 0 Å². The summed E-state index contributed by atoms with van der Waals surface area (Å²) in [5.41, 5.74) is 1.01. The van der Waals surface area contributed by atoms with Crippen molar-refractivity contribution in [2.75, 3.05) is 11.5 Å². The lowest BCUT2D eigenvalue weighted by Gasteiger charge is -2.09. The van der Waals surface area contributed by atoms with E-state index in [9.17, 15) is 8.42 Å². The van der Waals surface area contributed by atoms with Gasteiger partial charge >= 0.3 is 0 Å². The zero-order chi connectivity index (χ0) is 13.6. The molecular weight excluding hydrogens is 286 g/mol. The summed E-state index contributed by atoms with van der Waals surface area (Å²) in [5, 5.41) is 5.26. The van der Waals surface area contributed by atoms with Gasteiger partial charge in [-0.15, -0.1) is 11.8 Å². The van der Waals surface area contributed by atoms with E-state index < -0.39 is 10.0 Å². The quantitative estimate of drug-likeness (QED) is 0.621. The van der Waals surface area contributed by atoms with Gasteiger partial charge in [0.2, 0.25) is 10.0 Å². The van der Waals surface area contributed by atoms with E-state index in [-0.39, 0.29) is 4.90 Å². The van der Waals surface area contributed by atoms with Gasteiger partial charge in [0.1, 0.15) is 0 Å². The van der Waals surface area contributed by atoms with Gasteiger partial charge in [-0.05, 0) is 35.6 Å². The third-order valence-electron chi connectivity index (χ3n) is 2.23. The highest BCUT2D eigenvalue weighted by Gasteiger charge is 2.14. The molecule has 18 heavy (non-hydrogen) atoms. The normalized spacial score (nSPS) is 11.7. The molecular formula is C12H19NO2S3. The van der Waals surface area contributed by atoms with E-state index in [0.29, 0.717) is 0 Å². The zero-order valence-electron chi connectivity index (χ0n) is 10.7. The zero-order valence-corrected chi connectivity index (χ0v) is 13.1. The Morgan fingerprint density at radius 3 is 2.56 bits per heavy atom. The minimum Gasteiger partial charge on any atom is -0.225 e. The molecule has 0 aliphatic heterocycles. The van der Waals surface area contributed by atoms with Crippen molar-refractivity contribution in [2.24, 2.45) is 5.14 Å². The van der Waals surface area contributed by atoms with Crippen molar-refractivity contribution in [1.82, 2.24) is 0 Å². The Hall–Kier alpha value is -0.170. The van der Waals surface area contributed by atoms with Crippen LogP contribution in [0.1, 0.15) is 25.8 Å². The maximum absolute atomic E-state index is 11.6. The van der Waals surface area contributed by atoms with Crippen LogP contribution in [-0.2, 0) is 15.8 Å². The maximum Gasteiger partial charge on any atom is 0.239 e. The molecule has 0 saturated carbocycles. The molecule has 1 aromatic carbocycles. The van der Waals surface area contributed by atoms with E-state index in [1.54, 1.807) is 17.8 Å². The van der Waals surface area contributed by atoms with E-state index in [2.05, 4.69) is 6.92 Å². The number of hydrogen-bond donors (Lipinski definition) is 1. The van der Waals surface area contributed by atoms with Gasteiger partial charge in [0.15, 0.2) is 0 Å². The lowest BCUT2D eigenvalue weighted by Crippen LogP contribution is -2.13. The van der Waals surface area contributed by atoms with Crippen LogP contribution in [0.15, 0.2) is 28.0 Å². The molecule has 0 heterocycles. The van der Waals surface area contributed by atoms with Crippen LogP contribution in [0, 0.1) is 0 Å². The molecule has 0 bridgehead atoms. The highest BCUT2D eigenvalue weighted by Crippen LogP contribution is 2.28. The summed E-state index contributed by atoms with van der Waals surface area (Å²) in [6.07, 6.45) is 1.12. The molecule has 0 saturated heterocycles. The Morgan fingerprint density at radius 2 is 2.00 bits per heavy atom. The van der Waals surface area contributed by atoms with E-state index in [4.69, 9.17) is 5.14 Å². The molecule has 0 unspecified atom stereocenters. The van der Waals surface area contributed by atoms with Gasteiger partial charge in [-0.2, -0.15) is 11.8 Å². The summed E-state index contributed by atoms with van der Waals surface area (Å²) >= 11 is 3.30. The molecule has 1 aromatic rings. The number of rotatable bonds is 7. The van der Waals surface area contributed by atoms with Crippen LogP contribution in [0.25, 0.3) is 0 Å². The van der Waals surface area contributed by atoms with Crippen molar-refractivity contribution < 1.29 is 8.42 Å². The molecule has 2 N–H and O–H groups in total. The first kappa shape index (κ1) is 15.9. The van der Waals surface area contributed by atoms with Gasteiger partial charge in [-0.1, -0.05) is 19.9 Å². The van der Waals surface area contributed by atoms with Crippen LogP contribution in [-0.4, -0.2) is 19.9 Å². The molecule has 0 aromatic heterocycles. The monoisotopic (exact) mass is 305 g/mol. The third-order valence-corrected chi connectivity index (χ3v) is 5.50. The molecule has 1 rings (SSSR count). The molecule has 3 nitrogen and oxygen atoms in total. The summed E-state index contributed by atoms with van der Waals surface area (Å²) in [7, 11) is -3.64. The molecule has 102 valence electrons. The van der Waals surface area contributed by atoms with Gasteiger partial charge in [-0.25, -0.2) is 13.6 Å². The van der Waals surface area contributed by atoms with E-state index >= 15 is 0 Å². The standard InChI is InChI=1S/C12H19NO2S3/c1-3-7-16-9-10-5-6-11(17-4-2)12(8-10)18(13,14)15/h5-6,8H,3-4,7,9H2,1-2H3,(H2,13,14,15). The van der Waals surface area contributed by atoms with Gasteiger partial charge in [0.25, 0.3) is 0 Å². The number of benzene rings is 1. The van der Waals surface area contributed by atoms with Crippen LogP contribution in [0.4, 0.5) is 0 Å². The summed E-state index contributed by atoms with van der Waals surface area (Å²) in [4.78, 5) is 0.994. The van der Waals surface area contributed by atoms with E-state index in [0.717, 1.165) is 34.1 Å². The summed E-state index contributed by atoms with van der Waals surface area (Å²) < 4.78 is 23.1. The van der Waals surface area contributed by atoms with E-state index in [1.165, 1.54) is 11.8 Å². The van der Waals surface area contributed by atoms with Crippen molar-refractivity contribution in [3.05, 3.63) is 23.8 Å². The van der Waals surface area contributed by atoms with Crippen LogP contribution in [0.3, 0.4) is 0 Å². The van der Waals surface area contributed by atoms with Crippen molar-refractivity contribution in [1.29, 1.82) is 0 Å². The van der Waals surface area contributed by atoms with Gasteiger partial charge < -0.3 is 0 Å².